The van der Waals surface area contributed by atoms with E-state index in [0.717, 1.165) is 18.0 Å². The molecule has 1 aromatic heterocycles. The van der Waals surface area contributed by atoms with Crippen LogP contribution in [0.1, 0.15) is 10.4 Å². The number of aromatic carboxylic acids is 1. The fourth-order valence-corrected chi connectivity index (χ4v) is 3.03. The van der Waals surface area contributed by atoms with Gasteiger partial charge in [-0.05, 0) is 6.07 Å². The second-order valence-electron chi connectivity index (χ2n) is 3.03. The predicted octanol–water partition coefficient (Wildman–Crippen LogP) is 0.312. The number of carbonyl (C=O) groups is 1. The molecular formula is C8H10N2O4S2. The molecule has 1 aromatic rings. The number of thioether (sulfide) groups is 1. The van der Waals surface area contributed by atoms with Crippen molar-refractivity contribution in [3.8, 4) is 0 Å². The van der Waals surface area contributed by atoms with E-state index in [4.69, 9.17) is 5.11 Å². The predicted molar refractivity (Wildman–Crippen MR) is 59.4 cm³/mol. The highest BCUT2D eigenvalue weighted by atomic mass is 32.2. The van der Waals surface area contributed by atoms with Crippen LogP contribution in [-0.2, 0) is 9.84 Å². The van der Waals surface area contributed by atoms with Crippen molar-refractivity contribution in [2.45, 2.75) is 5.03 Å². The molecule has 6 nitrogen and oxygen atoms in total. The van der Waals surface area contributed by atoms with Crippen LogP contribution in [0.15, 0.2) is 17.3 Å². The maximum absolute atomic E-state index is 10.9. The number of carboxylic acid groups (broad SMARTS) is 1. The summed E-state index contributed by atoms with van der Waals surface area (Å²) in [6.07, 6.45) is 2.41. The molecule has 16 heavy (non-hydrogen) atoms. The standard InChI is InChI=1S/C8H10N2O4S2/c1-16(13,14)5-4-15-7-6(8(11)12)2-3-9-10-7/h2-3H,4-5H2,1H3,(H,11,12). The van der Waals surface area contributed by atoms with E-state index in [-0.39, 0.29) is 22.1 Å². The van der Waals surface area contributed by atoms with Gasteiger partial charge in [-0.15, -0.1) is 16.9 Å². The molecule has 1 rings (SSSR count). The van der Waals surface area contributed by atoms with Crippen LogP contribution in [0.25, 0.3) is 0 Å². The van der Waals surface area contributed by atoms with E-state index in [1.807, 2.05) is 0 Å². The van der Waals surface area contributed by atoms with Crippen molar-refractivity contribution in [1.82, 2.24) is 10.2 Å². The summed E-state index contributed by atoms with van der Waals surface area (Å²) in [6, 6.07) is 1.33. The summed E-state index contributed by atoms with van der Waals surface area (Å²) in [6.45, 7) is 0. The van der Waals surface area contributed by atoms with E-state index in [1.54, 1.807) is 0 Å². The quantitative estimate of drug-likeness (QED) is 0.763. The van der Waals surface area contributed by atoms with Crippen LogP contribution in [0, 0.1) is 0 Å². The topological polar surface area (TPSA) is 97.2 Å². The lowest BCUT2D eigenvalue weighted by atomic mass is 10.3. The van der Waals surface area contributed by atoms with Crippen molar-refractivity contribution in [3.63, 3.8) is 0 Å². The lowest BCUT2D eigenvalue weighted by molar-refractivity contribution is 0.0692. The first-order valence-corrected chi connectivity index (χ1v) is 7.30. The molecule has 0 spiro atoms. The van der Waals surface area contributed by atoms with Gasteiger partial charge < -0.3 is 5.11 Å². The van der Waals surface area contributed by atoms with Crippen molar-refractivity contribution in [2.75, 3.05) is 17.8 Å². The zero-order valence-electron chi connectivity index (χ0n) is 8.45. The Labute approximate surface area is 97.0 Å². The molecule has 0 amide bonds. The Balaban J connectivity index is 2.71. The molecule has 1 heterocycles. The van der Waals surface area contributed by atoms with Gasteiger partial charge in [-0.1, -0.05) is 0 Å². The number of nitrogens with zero attached hydrogens (tertiary/aromatic N) is 2. The summed E-state index contributed by atoms with van der Waals surface area (Å²) in [4.78, 5) is 10.8. The van der Waals surface area contributed by atoms with Gasteiger partial charge in [0.15, 0.2) is 0 Å². The molecule has 0 aliphatic rings. The van der Waals surface area contributed by atoms with Gasteiger partial charge in [-0.3, -0.25) is 0 Å². The smallest absolute Gasteiger partial charge is 0.338 e. The first kappa shape index (κ1) is 12.9. The molecule has 0 saturated heterocycles. The normalized spacial score (nSPS) is 11.3. The third-order valence-electron chi connectivity index (χ3n) is 1.61. The largest absolute Gasteiger partial charge is 0.478 e. The van der Waals surface area contributed by atoms with Crippen LogP contribution in [0.3, 0.4) is 0 Å². The van der Waals surface area contributed by atoms with Gasteiger partial charge >= 0.3 is 5.97 Å². The van der Waals surface area contributed by atoms with Gasteiger partial charge in [-0.2, -0.15) is 5.10 Å². The minimum Gasteiger partial charge on any atom is -0.478 e. The lowest BCUT2D eigenvalue weighted by Crippen LogP contribution is -2.07. The van der Waals surface area contributed by atoms with E-state index < -0.39 is 15.8 Å². The summed E-state index contributed by atoms with van der Waals surface area (Å²) in [5.74, 6) is -0.859. The van der Waals surface area contributed by atoms with Gasteiger partial charge in [0, 0.05) is 12.0 Å². The summed E-state index contributed by atoms with van der Waals surface area (Å²) in [5, 5.41) is 16.3. The third kappa shape index (κ3) is 4.15. The van der Waals surface area contributed by atoms with E-state index in [1.165, 1.54) is 12.3 Å². The second-order valence-corrected chi connectivity index (χ2v) is 6.38. The zero-order valence-corrected chi connectivity index (χ0v) is 10.1. The van der Waals surface area contributed by atoms with Crippen LogP contribution in [0.4, 0.5) is 0 Å². The Morgan fingerprint density at radius 2 is 2.25 bits per heavy atom. The minimum absolute atomic E-state index is 0.0205. The first-order valence-electron chi connectivity index (χ1n) is 4.25. The van der Waals surface area contributed by atoms with Crippen LogP contribution in [-0.4, -0.2) is 47.5 Å². The van der Waals surface area contributed by atoms with Crippen LogP contribution < -0.4 is 0 Å². The van der Waals surface area contributed by atoms with Crippen LogP contribution >= 0.6 is 11.8 Å². The number of carboxylic acids is 1. The van der Waals surface area contributed by atoms with Gasteiger partial charge in [0.1, 0.15) is 14.9 Å². The number of hydrogen-bond acceptors (Lipinski definition) is 6. The highest BCUT2D eigenvalue weighted by Crippen LogP contribution is 2.19. The molecular weight excluding hydrogens is 252 g/mol. The van der Waals surface area contributed by atoms with E-state index in [2.05, 4.69) is 10.2 Å². The van der Waals surface area contributed by atoms with Crippen molar-refractivity contribution in [2.24, 2.45) is 0 Å². The average molecular weight is 262 g/mol. The van der Waals surface area contributed by atoms with Crippen LogP contribution in [0.2, 0.25) is 0 Å². The van der Waals surface area contributed by atoms with E-state index in [0.29, 0.717) is 0 Å². The van der Waals surface area contributed by atoms with E-state index in [9.17, 15) is 13.2 Å². The molecule has 0 saturated carbocycles. The molecule has 1 N–H and O–H groups in total. The molecule has 8 heteroatoms. The molecule has 0 radical (unpaired) electrons. The Morgan fingerprint density at radius 1 is 1.56 bits per heavy atom. The SMILES string of the molecule is CS(=O)(=O)CCSc1nnccc1C(=O)O. The van der Waals surface area contributed by atoms with Crippen molar-refractivity contribution in [3.05, 3.63) is 17.8 Å². The number of hydrogen-bond donors (Lipinski definition) is 1. The molecule has 0 aliphatic heterocycles. The van der Waals surface area contributed by atoms with Gasteiger partial charge in [0.2, 0.25) is 0 Å². The van der Waals surface area contributed by atoms with Crippen molar-refractivity contribution < 1.29 is 18.3 Å². The Kier molecular flexibility index (Phi) is 4.25. The molecule has 0 bridgehead atoms. The van der Waals surface area contributed by atoms with Crippen molar-refractivity contribution >= 4 is 27.6 Å². The Morgan fingerprint density at radius 3 is 2.81 bits per heavy atom. The molecule has 0 unspecified atom stereocenters. The molecule has 0 atom stereocenters. The summed E-state index contributed by atoms with van der Waals surface area (Å²) < 4.78 is 21.7. The molecule has 0 fully saturated rings. The summed E-state index contributed by atoms with van der Waals surface area (Å²) in [5.41, 5.74) is 0.0356. The maximum Gasteiger partial charge on any atom is 0.338 e. The van der Waals surface area contributed by atoms with Gasteiger partial charge in [-0.25, -0.2) is 13.2 Å². The molecule has 0 aliphatic carbocycles. The molecule has 0 aromatic carbocycles. The fraction of sp³-hybridized carbons (Fsp3) is 0.375. The summed E-state index contributed by atoms with van der Waals surface area (Å²) >= 11 is 1.07. The second kappa shape index (κ2) is 5.26. The average Bonchev–Trinajstić information content (AvgIpc) is 2.16. The van der Waals surface area contributed by atoms with Crippen LogP contribution in [0.5, 0.6) is 0 Å². The van der Waals surface area contributed by atoms with Gasteiger partial charge in [0.25, 0.3) is 0 Å². The van der Waals surface area contributed by atoms with Crippen molar-refractivity contribution in [1.29, 1.82) is 0 Å². The highest BCUT2D eigenvalue weighted by molar-refractivity contribution is 8.00. The highest BCUT2D eigenvalue weighted by Gasteiger charge is 2.12. The minimum atomic E-state index is -3.04. The van der Waals surface area contributed by atoms with Gasteiger partial charge in [0.05, 0.1) is 17.5 Å². The maximum atomic E-state index is 10.9. The first-order chi connectivity index (χ1) is 7.40. The Bertz CT molecular complexity index is 487. The monoisotopic (exact) mass is 262 g/mol. The number of rotatable bonds is 5. The molecule has 88 valence electrons. The Hall–Kier alpha value is -1.15. The fourth-order valence-electron chi connectivity index (χ4n) is 0.878. The number of sulfone groups is 1. The zero-order chi connectivity index (χ0) is 12.2. The summed E-state index contributed by atoms with van der Waals surface area (Å²) in [7, 11) is -3.04. The van der Waals surface area contributed by atoms with E-state index >= 15 is 0 Å². The third-order valence-corrected chi connectivity index (χ3v) is 3.80. The lowest BCUT2D eigenvalue weighted by Gasteiger charge is -2.02. The number of aromatic nitrogens is 2.